The second-order valence-electron chi connectivity index (χ2n) is 7.54. The van der Waals surface area contributed by atoms with Gasteiger partial charge in [0.2, 0.25) is 0 Å². The number of carbonyl (C=O) groups is 1. The highest BCUT2D eigenvalue weighted by Gasteiger charge is 2.19. The van der Waals surface area contributed by atoms with Gasteiger partial charge in [-0.3, -0.25) is 4.79 Å². The second kappa shape index (κ2) is 8.20. The summed E-state index contributed by atoms with van der Waals surface area (Å²) in [5, 5.41) is 12.4. The summed E-state index contributed by atoms with van der Waals surface area (Å²) in [6.07, 6.45) is 1.22. The Kier molecular flexibility index (Phi) is 5.31. The van der Waals surface area contributed by atoms with Crippen LogP contribution in [-0.2, 0) is 0 Å². The Labute approximate surface area is 171 Å². The normalized spacial score (nSPS) is 15.7. The van der Waals surface area contributed by atoms with Crippen LogP contribution in [0.15, 0.2) is 72.8 Å². The van der Waals surface area contributed by atoms with Crippen molar-refractivity contribution < 1.29 is 4.79 Å². The van der Waals surface area contributed by atoms with Crippen molar-refractivity contribution >= 4 is 17.3 Å². The second-order valence-corrected chi connectivity index (χ2v) is 7.54. The lowest BCUT2D eigenvalue weighted by Crippen LogP contribution is -2.19. The van der Waals surface area contributed by atoms with Crippen molar-refractivity contribution in [2.45, 2.75) is 13.3 Å². The molecule has 1 aliphatic rings. The van der Waals surface area contributed by atoms with Gasteiger partial charge in [0, 0.05) is 35.6 Å². The van der Waals surface area contributed by atoms with E-state index in [-0.39, 0.29) is 5.91 Å². The Hall–Kier alpha value is -3.58. The Morgan fingerprint density at radius 1 is 1.00 bits per heavy atom. The van der Waals surface area contributed by atoms with E-state index in [0.717, 1.165) is 35.8 Å². The van der Waals surface area contributed by atoms with E-state index in [0.29, 0.717) is 11.1 Å². The summed E-state index contributed by atoms with van der Waals surface area (Å²) >= 11 is 0. The highest BCUT2D eigenvalue weighted by molar-refractivity contribution is 6.09. The van der Waals surface area contributed by atoms with Crippen LogP contribution in [0.1, 0.15) is 29.3 Å². The summed E-state index contributed by atoms with van der Waals surface area (Å²) in [4.78, 5) is 15.4. The van der Waals surface area contributed by atoms with Crippen molar-refractivity contribution in [1.82, 2.24) is 0 Å². The summed E-state index contributed by atoms with van der Waals surface area (Å²) in [6, 6.07) is 25.0. The third-order valence-corrected chi connectivity index (χ3v) is 5.42. The van der Waals surface area contributed by atoms with Crippen LogP contribution in [0.25, 0.3) is 11.1 Å². The van der Waals surface area contributed by atoms with E-state index in [1.165, 1.54) is 12.1 Å². The summed E-state index contributed by atoms with van der Waals surface area (Å²) in [6.45, 7) is 4.44. The molecule has 1 N–H and O–H groups in total. The van der Waals surface area contributed by atoms with Crippen molar-refractivity contribution in [3.05, 3.63) is 83.9 Å². The van der Waals surface area contributed by atoms with Gasteiger partial charge in [0.1, 0.15) is 0 Å². The van der Waals surface area contributed by atoms with Gasteiger partial charge >= 0.3 is 0 Å². The van der Waals surface area contributed by atoms with Gasteiger partial charge < -0.3 is 10.2 Å². The van der Waals surface area contributed by atoms with Crippen LogP contribution in [0.5, 0.6) is 0 Å². The molecule has 3 aromatic carbocycles. The van der Waals surface area contributed by atoms with Crippen molar-refractivity contribution in [2.24, 2.45) is 5.92 Å². The van der Waals surface area contributed by atoms with Gasteiger partial charge in [-0.25, -0.2) is 0 Å². The number of benzene rings is 3. The number of anilines is 2. The molecule has 1 saturated heterocycles. The van der Waals surface area contributed by atoms with E-state index in [1.807, 2.05) is 48.5 Å². The molecule has 4 heteroatoms. The molecule has 0 bridgehead atoms. The third-order valence-electron chi connectivity index (χ3n) is 5.42. The van der Waals surface area contributed by atoms with Gasteiger partial charge in [0.05, 0.1) is 11.6 Å². The predicted octanol–water partition coefficient (Wildman–Crippen LogP) is 5.32. The van der Waals surface area contributed by atoms with E-state index in [2.05, 4.69) is 35.3 Å². The number of hydrogen-bond acceptors (Lipinski definition) is 3. The van der Waals surface area contributed by atoms with E-state index in [1.54, 1.807) is 12.1 Å². The minimum Gasteiger partial charge on any atom is -0.371 e. The molecule has 4 nitrogen and oxygen atoms in total. The minimum atomic E-state index is -0.184. The zero-order chi connectivity index (χ0) is 20.2. The van der Waals surface area contributed by atoms with E-state index >= 15 is 0 Å². The SMILES string of the molecule is CC1CCN(c2ccc(NC(=O)c3ccccc3-c3ccccc3C#N)cc2)C1. The fourth-order valence-electron chi connectivity index (χ4n) is 3.86. The molecule has 1 amide bonds. The fraction of sp³-hybridized carbons (Fsp3) is 0.200. The van der Waals surface area contributed by atoms with Crippen LogP contribution in [0, 0.1) is 17.2 Å². The molecule has 0 aliphatic carbocycles. The standard InChI is InChI=1S/C25H23N3O/c1-18-14-15-28(17-18)21-12-10-20(11-13-21)27-25(29)24-9-5-4-8-23(24)22-7-3-2-6-19(22)16-26/h2-13,18H,14-15,17H2,1H3,(H,27,29). The zero-order valence-electron chi connectivity index (χ0n) is 16.4. The summed E-state index contributed by atoms with van der Waals surface area (Å²) in [7, 11) is 0. The molecule has 1 fully saturated rings. The van der Waals surface area contributed by atoms with E-state index in [4.69, 9.17) is 0 Å². The largest absolute Gasteiger partial charge is 0.371 e. The van der Waals surface area contributed by atoms with Crippen LogP contribution in [0.4, 0.5) is 11.4 Å². The molecule has 29 heavy (non-hydrogen) atoms. The van der Waals surface area contributed by atoms with Crippen molar-refractivity contribution in [3.8, 4) is 17.2 Å². The molecule has 1 heterocycles. The average molecular weight is 381 g/mol. The van der Waals surface area contributed by atoms with E-state index < -0.39 is 0 Å². The van der Waals surface area contributed by atoms with Gasteiger partial charge in [-0.15, -0.1) is 0 Å². The molecule has 3 aromatic rings. The first-order valence-electron chi connectivity index (χ1n) is 9.90. The number of amides is 1. The number of rotatable bonds is 4. The number of nitriles is 1. The van der Waals surface area contributed by atoms with Crippen LogP contribution in [0.2, 0.25) is 0 Å². The Morgan fingerprint density at radius 3 is 2.38 bits per heavy atom. The molecule has 0 spiro atoms. The summed E-state index contributed by atoms with van der Waals surface area (Å²) < 4.78 is 0. The lowest BCUT2D eigenvalue weighted by molar-refractivity contribution is 0.102. The molecule has 0 radical (unpaired) electrons. The van der Waals surface area contributed by atoms with Crippen LogP contribution in [0.3, 0.4) is 0 Å². The smallest absolute Gasteiger partial charge is 0.256 e. The van der Waals surface area contributed by atoms with Gasteiger partial charge in [-0.1, -0.05) is 43.3 Å². The molecular weight excluding hydrogens is 358 g/mol. The van der Waals surface area contributed by atoms with Gasteiger partial charge in [-0.2, -0.15) is 5.26 Å². The monoisotopic (exact) mass is 381 g/mol. The lowest BCUT2D eigenvalue weighted by Gasteiger charge is -2.18. The topological polar surface area (TPSA) is 56.1 Å². The van der Waals surface area contributed by atoms with Crippen molar-refractivity contribution in [2.75, 3.05) is 23.3 Å². The zero-order valence-corrected chi connectivity index (χ0v) is 16.4. The number of carbonyl (C=O) groups excluding carboxylic acids is 1. The van der Waals surface area contributed by atoms with Gasteiger partial charge in [0.25, 0.3) is 5.91 Å². The molecule has 1 unspecified atom stereocenters. The molecule has 0 saturated carbocycles. The molecule has 1 aliphatic heterocycles. The van der Waals surface area contributed by atoms with Crippen molar-refractivity contribution in [3.63, 3.8) is 0 Å². The summed E-state index contributed by atoms with van der Waals surface area (Å²) in [5.74, 6) is 0.540. The maximum atomic E-state index is 13.0. The molecule has 1 atom stereocenters. The quantitative estimate of drug-likeness (QED) is 0.665. The van der Waals surface area contributed by atoms with Crippen molar-refractivity contribution in [1.29, 1.82) is 5.26 Å². The number of hydrogen-bond donors (Lipinski definition) is 1. The first kappa shape index (κ1) is 18.8. The van der Waals surface area contributed by atoms with E-state index in [9.17, 15) is 10.1 Å². The van der Waals surface area contributed by atoms with Crippen LogP contribution in [-0.4, -0.2) is 19.0 Å². The molecule has 0 aromatic heterocycles. The van der Waals surface area contributed by atoms with Gasteiger partial charge in [-0.05, 0) is 54.3 Å². The first-order valence-corrected chi connectivity index (χ1v) is 9.90. The molecule has 144 valence electrons. The predicted molar refractivity (Wildman–Crippen MR) is 117 cm³/mol. The lowest BCUT2D eigenvalue weighted by atomic mass is 9.95. The average Bonchev–Trinajstić information content (AvgIpc) is 3.20. The number of nitrogens with zero attached hydrogens (tertiary/aromatic N) is 2. The fourth-order valence-corrected chi connectivity index (χ4v) is 3.86. The van der Waals surface area contributed by atoms with Crippen LogP contribution < -0.4 is 10.2 Å². The highest BCUT2D eigenvalue weighted by Crippen LogP contribution is 2.28. The summed E-state index contributed by atoms with van der Waals surface area (Å²) in [5.41, 5.74) is 4.57. The molecule has 4 rings (SSSR count). The maximum absolute atomic E-state index is 13.0. The molecular formula is C25H23N3O. The minimum absolute atomic E-state index is 0.184. The number of nitrogens with one attached hydrogen (secondary N) is 1. The van der Waals surface area contributed by atoms with Crippen LogP contribution >= 0.6 is 0 Å². The first-order chi connectivity index (χ1) is 14.2. The Bertz CT molecular complexity index is 1070. The maximum Gasteiger partial charge on any atom is 0.256 e. The Morgan fingerprint density at radius 2 is 1.69 bits per heavy atom. The Balaban J connectivity index is 1.56. The highest BCUT2D eigenvalue weighted by atomic mass is 16.1. The van der Waals surface area contributed by atoms with Gasteiger partial charge in [0.15, 0.2) is 0 Å². The third kappa shape index (κ3) is 4.00.